The van der Waals surface area contributed by atoms with Crippen molar-refractivity contribution in [3.63, 3.8) is 0 Å². The highest BCUT2D eigenvalue weighted by atomic mass is 16.2. The summed E-state index contributed by atoms with van der Waals surface area (Å²) in [5, 5.41) is 10.1. The van der Waals surface area contributed by atoms with Gasteiger partial charge in [-0.05, 0) is 18.6 Å². The Hall–Kier alpha value is -3.36. The molecule has 4 amide bonds. The summed E-state index contributed by atoms with van der Waals surface area (Å²) in [4.78, 5) is 48.9. The molecule has 2 aliphatic heterocycles. The Kier molecular flexibility index (Phi) is 3.41. The van der Waals surface area contributed by atoms with E-state index in [1.165, 1.54) is 10.9 Å². The minimum absolute atomic E-state index is 0.0282. The summed E-state index contributed by atoms with van der Waals surface area (Å²) < 4.78 is 1.36. The second-order valence-corrected chi connectivity index (χ2v) is 5.90. The van der Waals surface area contributed by atoms with Gasteiger partial charge in [-0.2, -0.15) is 0 Å². The van der Waals surface area contributed by atoms with Gasteiger partial charge >= 0.3 is 0 Å². The van der Waals surface area contributed by atoms with Crippen molar-refractivity contribution in [2.24, 2.45) is 0 Å². The molecule has 1 aromatic carbocycles. The maximum Gasteiger partial charge on any atom is 0.261 e. The summed E-state index contributed by atoms with van der Waals surface area (Å²) in [6.45, 7) is -0.0282. The number of rotatable bonds is 3. The molecule has 25 heavy (non-hydrogen) atoms. The molecule has 1 fully saturated rings. The molecular weight excluding hydrogens is 326 g/mol. The molecule has 2 aliphatic rings. The summed E-state index contributed by atoms with van der Waals surface area (Å²) in [5.41, 5.74) is 1.12. The average Bonchev–Trinajstić information content (AvgIpc) is 3.15. The standard InChI is InChI=1S/C16H13N5O4/c22-13-6-5-12(14(23)17-13)21-8-9(18-19-21)7-20-15(24)10-3-1-2-4-11(10)16(20)25/h1-4,8,12H,5-7H2,(H,17,22,23). The minimum Gasteiger partial charge on any atom is -0.295 e. The van der Waals surface area contributed by atoms with Crippen LogP contribution in [0.4, 0.5) is 0 Å². The lowest BCUT2D eigenvalue weighted by Gasteiger charge is -2.20. The molecule has 9 nitrogen and oxygen atoms in total. The van der Waals surface area contributed by atoms with Crippen LogP contribution in [-0.4, -0.2) is 43.5 Å². The fraction of sp³-hybridized carbons (Fsp3) is 0.250. The first-order valence-corrected chi connectivity index (χ1v) is 7.74. The normalized spacial score (nSPS) is 20.0. The van der Waals surface area contributed by atoms with Crippen molar-refractivity contribution in [2.45, 2.75) is 25.4 Å². The van der Waals surface area contributed by atoms with E-state index in [0.717, 1.165) is 4.90 Å². The van der Waals surface area contributed by atoms with Crippen LogP contribution in [0.1, 0.15) is 45.3 Å². The molecular formula is C16H13N5O4. The van der Waals surface area contributed by atoms with E-state index in [-0.39, 0.29) is 30.7 Å². The number of fused-ring (bicyclic) bond motifs is 1. The molecule has 0 bridgehead atoms. The second kappa shape index (κ2) is 5.62. The molecule has 1 unspecified atom stereocenters. The summed E-state index contributed by atoms with van der Waals surface area (Å²) in [6.07, 6.45) is 2.08. The number of piperidine rings is 1. The molecule has 1 N–H and O–H groups in total. The molecule has 0 spiro atoms. The number of hydrogen-bond donors (Lipinski definition) is 1. The van der Waals surface area contributed by atoms with E-state index in [9.17, 15) is 19.2 Å². The number of carbonyl (C=O) groups is 4. The third kappa shape index (κ3) is 2.49. The summed E-state index contributed by atoms with van der Waals surface area (Å²) in [5.74, 6) is -1.51. The van der Waals surface area contributed by atoms with Crippen molar-refractivity contribution in [1.29, 1.82) is 0 Å². The van der Waals surface area contributed by atoms with Crippen molar-refractivity contribution in [3.8, 4) is 0 Å². The lowest BCUT2D eigenvalue weighted by atomic mass is 10.1. The first-order chi connectivity index (χ1) is 12.0. The van der Waals surface area contributed by atoms with Crippen molar-refractivity contribution < 1.29 is 19.2 Å². The average molecular weight is 339 g/mol. The van der Waals surface area contributed by atoms with Gasteiger partial charge in [0, 0.05) is 6.42 Å². The van der Waals surface area contributed by atoms with Crippen molar-refractivity contribution >= 4 is 23.6 Å². The third-order valence-corrected chi connectivity index (χ3v) is 4.29. The van der Waals surface area contributed by atoms with E-state index in [1.54, 1.807) is 24.3 Å². The van der Waals surface area contributed by atoms with Gasteiger partial charge < -0.3 is 0 Å². The molecule has 0 aliphatic carbocycles. The van der Waals surface area contributed by atoms with Gasteiger partial charge in [-0.3, -0.25) is 29.4 Å². The summed E-state index contributed by atoms with van der Waals surface area (Å²) in [7, 11) is 0. The van der Waals surface area contributed by atoms with Crippen molar-refractivity contribution in [3.05, 3.63) is 47.3 Å². The first-order valence-electron chi connectivity index (χ1n) is 7.74. The van der Waals surface area contributed by atoms with Crippen molar-refractivity contribution in [1.82, 2.24) is 25.2 Å². The first kappa shape index (κ1) is 15.2. The third-order valence-electron chi connectivity index (χ3n) is 4.29. The number of amides is 4. The second-order valence-electron chi connectivity index (χ2n) is 5.90. The summed E-state index contributed by atoms with van der Waals surface area (Å²) in [6, 6.07) is 5.99. The summed E-state index contributed by atoms with van der Waals surface area (Å²) >= 11 is 0. The van der Waals surface area contributed by atoms with Crippen LogP contribution in [0.15, 0.2) is 30.5 Å². The highest BCUT2D eigenvalue weighted by Gasteiger charge is 2.36. The zero-order valence-corrected chi connectivity index (χ0v) is 13.0. The number of hydrogen-bond acceptors (Lipinski definition) is 6. The predicted molar refractivity (Wildman–Crippen MR) is 82.1 cm³/mol. The van der Waals surface area contributed by atoms with Crippen LogP contribution in [0.3, 0.4) is 0 Å². The minimum atomic E-state index is -0.624. The van der Waals surface area contributed by atoms with Crippen LogP contribution >= 0.6 is 0 Å². The van der Waals surface area contributed by atoms with Crippen molar-refractivity contribution in [2.75, 3.05) is 0 Å². The van der Waals surface area contributed by atoms with E-state index in [1.807, 2.05) is 0 Å². The van der Waals surface area contributed by atoms with Crippen LogP contribution in [-0.2, 0) is 16.1 Å². The highest BCUT2D eigenvalue weighted by Crippen LogP contribution is 2.24. The maximum absolute atomic E-state index is 12.4. The lowest BCUT2D eigenvalue weighted by molar-refractivity contribution is -0.136. The monoisotopic (exact) mass is 339 g/mol. The molecule has 1 aromatic heterocycles. The van der Waals surface area contributed by atoms with E-state index in [4.69, 9.17) is 0 Å². The van der Waals surface area contributed by atoms with Gasteiger partial charge in [0.1, 0.15) is 11.7 Å². The molecule has 9 heteroatoms. The van der Waals surface area contributed by atoms with Crippen LogP contribution in [0.25, 0.3) is 0 Å². The quantitative estimate of drug-likeness (QED) is 0.791. The number of imide groups is 2. The number of nitrogens with zero attached hydrogens (tertiary/aromatic N) is 4. The molecule has 4 rings (SSSR count). The zero-order chi connectivity index (χ0) is 17.6. The van der Waals surface area contributed by atoms with Crippen LogP contribution < -0.4 is 5.32 Å². The van der Waals surface area contributed by atoms with Gasteiger partial charge in [0.05, 0.1) is 23.9 Å². The Morgan fingerprint density at radius 1 is 1.08 bits per heavy atom. The Bertz CT molecular complexity index is 884. The molecule has 1 atom stereocenters. The zero-order valence-electron chi connectivity index (χ0n) is 13.0. The number of carbonyl (C=O) groups excluding carboxylic acids is 4. The smallest absolute Gasteiger partial charge is 0.261 e. The van der Waals surface area contributed by atoms with Gasteiger partial charge in [-0.15, -0.1) is 5.10 Å². The van der Waals surface area contributed by atoms with E-state index in [2.05, 4.69) is 15.6 Å². The Morgan fingerprint density at radius 2 is 1.76 bits per heavy atom. The van der Waals surface area contributed by atoms with Gasteiger partial charge in [-0.25, -0.2) is 4.68 Å². The topological polar surface area (TPSA) is 114 Å². The van der Waals surface area contributed by atoms with Gasteiger partial charge in [0.25, 0.3) is 17.7 Å². The molecule has 0 radical (unpaired) electrons. The predicted octanol–water partition coefficient (Wildman–Crippen LogP) is 0.0520. The highest BCUT2D eigenvalue weighted by molar-refractivity contribution is 6.21. The molecule has 3 heterocycles. The fourth-order valence-corrected chi connectivity index (χ4v) is 3.02. The lowest BCUT2D eigenvalue weighted by Crippen LogP contribution is -2.41. The van der Waals surface area contributed by atoms with E-state index >= 15 is 0 Å². The van der Waals surface area contributed by atoms with E-state index < -0.39 is 11.9 Å². The van der Waals surface area contributed by atoms with Crippen LogP contribution in [0, 0.1) is 0 Å². The molecule has 2 aromatic rings. The van der Waals surface area contributed by atoms with Crippen LogP contribution in [0.2, 0.25) is 0 Å². The van der Waals surface area contributed by atoms with Crippen LogP contribution in [0.5, 0.6) is 0 Å². The molecule has 126 valence electrons. The molecule has 0 saturated carbocycles. The Morgan fingerprint density at radius 3 is 2.40 bits per heavy atom. The van der Waals surface area contributed by atoms with Gasteiger partial charge in [0.15, 0.2) is 0 Å². The number of nitrogens with one attached hydrogen (secondary N) is 1. The Labute approximate surface area is 141 Å². The largest absolute Gasteiger partial charge is 0.295 e. The fourth-order valence-electron chi connectivity index (χ4n) is 3.02. The van der Waals surface area contributed by atoms with Gasteiger partial charge in [0.2, 0.25) is 5.91 Å². The number of benzene rings is 1. The Balaban J connectivity index is 1.53. The molecule has 1 saturated heterocycles. The SMILES string of the molecule is O=C1CCC(n2cc(CN3C(=O)c4ccccc4C3=O)nn2)C(=O)N1. The van der Waals surface area contributed by atoms with E-state index in [0.29, 0.717) is 23.2 Å². The maximum atomic E-state index is 12.4. The van der Waals surface area contributed by atoms with Gasteiger partial charge in [-0.1, -0.05) is 17.3 Å². The number of aromatic nitrogens is 3.